The first-order chi connectivity index (χ1) is 15.3. The highest BCUT2D eigenvalue weighted by molar-refractivity contribution is 6.47. The standard InChI is InChI=1S/C27H42BNO3/c1-5-6-8-13-22(29)23(30)15-14-21(16-19-11-9-7-10-12-19)28-31-25-18-20-17-24(26(20,2)3)27(25,4)32-28/h7,9-12,20-22,24-25H,5-6,8,13-18,29H2,1-4H3/t20?,21-,22+,24?,25?,27-/m1/s1. The van der Waals surface area contributed by atoms with Crippen LogP contribution in [0.4, 0.5) is 0 Å². The zero-order chi connectivity index (χ0) is 22.9. The minimum atomic E-state index is -0.336. The van der Waals surface area contributed by atoms with Crippen molar-refractivity contribution in [2.75, 3.05) is 0 Å². The summed E-state index contributed by atoms with van der Waals surface area (Å²) in [6.45, 7) is 9.23. The van der Waals surface area contributed by atoms with Crippen molar-refractivity contribution in [1.82, 2.24) is 0 Å². The fourth-order valence-corrected chi connectivity index (χ4v) is 6.64. The molecule has 4 fully saturated rings. The monoisotopic (exact) mass is 439 g/mol. The van der Waals surface area contributed by atoms with Gasteiger partial charge in [0.25, 0.3) is 0 Å². The number of carbonyl (C=O) groups excluding carboxylic acids is 1. The smallest absolute Gasteiger partial charge is 0.405 e. The fourth-order valence-electron chi connectivity index (χ4n) is 6.64. The second-order valence-corrected chi connectivity index (χ2v) is 11.4. The van der Waals surface area contributed by atoms with Crippen molar-refractivity contribution in [2.24, 2.45) is 23.0 Å². The first-order valence-corrected chi connectivity index (χ1v) is 12.9. The molecule has 0 radical (unpaired) electrons. The van der Waals surface area contributed by atoms with Gasteiger partial charge in [0.05, 0.1) is 17.7 Å². The molecule has 0 amide bonds. The molecule has 3 aliphatic carbocycles. The first-order valence-electron chi connectivity index (χ1n) is 12.9. The molecule has 176 valence electrons. The van der Waals surface area contributed by atoms with E-state index >= 15 is 0 Å². The Bertz CT molecular complexity index is 784. The SMILES string of the molecule is CCCCC[C@H](N)C(=O)CC[C@H](Cc1ccccc1)B1OC2CC3CC(C3(C)C)[C@@]2(C)O1. The van der Waals surface area contributed by atoms with Crippen molar-refractivity contribution in [3.05, 3.63) is 35.9 Å². The summed E-state index contributed by atoms with van der Waals surface area (Å²) in [6, 6.07) is 10.2. The molecule has 3 unspecified atom stereocenters. The molecule has 4 nitrogen and oxygen atoms in total. The van der Waals surface area contributed by atoms with Crippen LogP contribution in [-0.4, -0.2) is 30.6 Å². The van der Waals surface area contributed by atoms with E-state index in [4.69, 9.17) is 15.0 Å². The van der Waals surface area contributed by atoms with Crippen LogP contribution in [-0.2, 0) is 20.5 Å². The molecule has 6 atom stereocenters. The van der Waals surface area contributed by atoms with Gasteiger partial charge in [-0.15, -0.1) is 0 Å². The van der Waals surface area contributed by atoms with Gasteiger partial charge >= 0.3 is 7.12 Å². The lowest BCUT2D eigenvalue weighted by Gasteiger charge is -2.64. The minimum absolute atomic E-state index is 0.159. The number of carbonyl (C=O) groups is 1. The maximum absolute atomic E-state index is 12.8. The summed E-state index contributed by atoms with van der Waals surface area (Å²) in [6.07, 6.45) is 8.77. The minimum Gasteiger partial charge on any atom is -0.405 e. The molecule has 1 heterocycles. The van der Waals surface area contributed by atoms with Crippen LogP contribution in [0.15, 0.2) is 30.3 Å². The van der Waals surface area contributed by atoms with Crippen LogP contribution in [0.1, 0.15) is 84.6 Å². The van der Waals surface area contributed by atoms with Gasteiger partial charge in [-0.1, -0.05) is 70.4 Å². The van der Waals surface area contributed by atoms with Gasteiger partial charge < -0.3 is 15.0 Å². The molecule has 5 rings (SSSR count). The van der Waals surface area contributed by atoms with Crippen LogP contribution in [0.2, 0.25) is 5.82 Å². The molecular formula is C27H42BNO3. The van der Waals surface area contributed by atoms with Crippen molar-refractivity contribution in [1.29, 1.82) is 0 Å². The second kappa shape index (κ2) is 9.60. The van der Waals surface area contributed by atoms with Crippen LogP contribution < -0.4 is 5.73 Å². The molecular weight excluding hydrogens is 397 g/mol. The van der Waals surface area contributed by atoms with Crippen LogP contribution >= 0.6 is 0 Å². The average Bonchev–Trinajstić information content (AvgIpc) is 3.14. The summed E-state index contributed by atoms with van der Waals surface area (Å²) in [7, 11) is -0.246. The maximum Gasteiger partial charge on any atom is 0.461 e. The number of ketones is 1. The van der Waals surface area contributed by atoms with Crippen molar-refractivity contribution in [3.63, 3.8) is 0 Å². The molecule has 2 N–H and O–H groups in total. The Kier molecular flexibility index (Phi) is 7.19. The lowest BCUT2D eigenvalue weighted by atomic mass is 9.43. The second-order valence-electron chi connectivity index (χ2n) is 11.4. The molecule has 0 spiro atoms. The summed E-state index contributed by atoms with van der Waals surface area (Å²) in [5.41, 5.74) is 7.60. The molecule has 1 aromatic carbocycles. The van der Waals surface area contributed by atoms with Gasteiger partial charge in [0.1, 0.15) is 5.78 Å². The Labute approximate surface area is 195 Å². The van der Waals surface area contributed by atoms with E-state index in [0.717, 1.165) is 50.9 Å². The van der Waals surface area contributed by atoms with E-state index in [0.29, 0.717) is 17.8 Å². The van der Waals surface area contributed by atoms with Crippen molar-refractivity contribution in [3.8, 4) is 0 Å². The number of nitrogens with two attached hydrogens (primary N) is 1. The van der Waals surface area contributed by atoms with E-state index in [1.54, 1.807) is 0 Å². The highest BCUT2D eigenvalue weighted by atomic mass is 16.7. The summed E-state index contributed by atoms with van der Waals surface area (Å²) in [5.74, 6) is 1.63. The number of hydrogen-bond acceptors (Lipinski definition) is 4. The summed E-state index contributed by atoms with van der Waals surface area (Å²) >= 11 is 0. The van der Waals surface area contributed by atoms with Gasteiger partial charge in [0.15, 0.2) is 0 Å². The van der Waals surface area contributed by atoms with Crippen LogP contribution in [0, 0.1) is 17.3 Å². The fraction of sp³-hybridized carbons (Fsp3) is 0.741. The quantitative estimate of drug-likeness (QED) is 0.361. The summed E-state index contributed by atoms with van der Waals surface area (Å²) in [4.78, 5) is 12.8. The van der Waals surface area contributed by atoms with E-state index < -0.39 is 0 Å². The van der Waals surface area contributed by atoms with Gasteiger partial charge in [-0.25, -0.2) is 0 Å². The Morgan fingerprint density at radius 3 is 2.59 bits per heavy atom. The molecule has 1 aromatic rings. The van der Waals surface area contributed by atoms with Gasteiger partial charge in [-0.3, -0.25) is 4.79 Å². The normalized spacial score (nSPS) is 32.2. The van der Waals surface area contributed by atoms with E-state index in [-0.39, 0.29) is 36.5 Å². The molecule has 1 saturated heterocycles. The van der Waals surface area contributed by atoms with Gasteiger partial charge in [-0.05, 0) is 67.7 Å². The largest absolute Gasteiger partial charge is 0.461 e. The zero-order valence-electron chi connectivity index (χ0n) is 20.5. The molecule has 0 aromatic heterocycles. The van der Waals surface area contributed by atoms with E-state index in [1.165, 1.54) is 12.0 Å². The van der Waals surface area contributed by atoms with E-state index in [1.807, 2.05) is 6.07 Å². The Morgan fingerprint density at radius 2 is 1.91 bits per heavy atom. The lowest BCUT2D eigenvalue weighted by Crippen LogP contribution is -2.65. The number of hydrogen-bond donors (Lipinski definition) is 1. The van der Waals surface area contributed by atoms with E-state index in [9.17, 15) is 4.79 Å². The average molecular weight is 439 g/mol. The highest BCUT2D eigenvalue weighted by Crippen LogP contribution is 2.66. The van der Waals surface area contributed by atoms with Crippen molar-refractivity contribution in [2.45, 2.75) is 109 Å². The third kappa shape index (κ3) is 4.58. The van der Waals surface area contributed by atoms with Gasteiger partial charge in [-0.2, -0.15) is 0 Å². The Balaban J connectivity index is 1.43. The topological polar surface area (TPSA) is 61.6 Å². The van der Waals surface area contributed by atoms with Crippen molar-refractivity contribution >= 4 is 12.9 Å². The highest BCUT2D eigenvalue weighted by Gasteiger charge is 2.68. The molecule has 2 bridgehead atoms. The van der Waals surface area contributed by atoms with Crippen molar-refractivity contribution < 1.29 is 14.1 Å². The Hall–Kier alpha value is -1.17. The first kappa shape index (κ1) is 24.0. The maximum atomic E-state index is 12.8. The van der Waals surface area contributed by atoms with Crippen LogP contribution in [0.5, 0.6) is 0 Å². The van der Waals surface area contributed by atoms with E-state index in [2.05, 4.69) is 52.0 Å². The summed E-state index contributed by atoms with van der Waals surface area (Å²) in [5, 5.41) is 0. The van der Waals surface area contributed by atoms with Gasteiger partial charge in [0.2, 0.25) is 0 Å². The number of benzene rings is 1. The Morgan fingerprint density at radius 1 is 1.16 bits per heavy atom. The third-order valence-electron chi connectivity index (χ3n) is 8.99. The number of Topliss-reactive ketones (excluding diaryl/α,β-unsaturated/α-hetero) is 1. The molecule has 4 aliphatic rings. The van der Waals surface area contributed by atoms with Crippen LogP contribution in [0.3, 0.4) is 0 Å². The molecule has 32 heavy (non-hydrogen) atoms. The number of unbranched alkanes of at least 4 members (excludes halogenated alkanes) is 2. The van der Waals surface area contributed by atoms with Gasteiger partial charge in [0, 0.05) is 6.42 Å². The zero-order valence-corrected chi connectivity index (χ0v) is 20.5. The lowest BCUT2D eigenvalue weighted by molar-refractivity contribution is -0.199. The summed E-state index contributed by atoms with van der Waals surface area (Å²) < 4.78 is 13.4. The molecule has 5 heteroatoms. The predicted molar refractivity (Wildman–Crippen MR) is 130 cm³/mol. The molecule has 1 aliphatic heterocycles. The van der Waals surface area contributed by atoms with Crippen LogP contribution in [0.25, 0.3) is 0 Å². The number of rotatable bonds is 11. The molecule has 3 saturated carbocycles. The third-order valence-corrected chi connectivity index (χ3v) is 8.99. The predicted octanol–water partition coefficient (Wildman–Crippen LogP) is 5.58.